The van der Waals surface area contributed by atoms with E-state index >= 15 is 0 Å². The summed E-state index contributed by atoms with van der Waals surface area (Å²) in [4.78, 5) is 22.0. The van der Waals surface area contributed by atoms with E-state index in [1.54, 1.807) is 0 Å². The minimum absolute atomic E-state index is 0.351. The molecule has 0 heterocycles. The molecule has 17 heavy (non-hydrogen) atoms. The molecule has 0 fully saturated rings. The lowest BCUT2D eigenvalue weighted by Crippen LogP contribution is -2.43. The number of rotatable bonds is 4. The van der Waals surface area contributed by atoms with Gasteiger partial charge in [0.1, 0.15) is 11.6 Å². The molecule has 0 bridgehead atoms. The first kappa shape index (κ1) is 12.9. The molecular formula is C10H10FNO5. The van der Waals surface area contributed by atoms with Crippen LogP contribution in [0.3, 0.4) is 0 Å². The molecule has 0 aliphatic heterocycles. The zero-order chi connectivity index (χ0) is 13.0. The Balaban J connectivity index is 2.86. The van der Waals surface area contributed by atoms with E-state index in [9.17, 15) is 14.0 Å². The highest BCUT2D eigenvalue weighted by atomic mass is 19.1. The highest BCUT2D eigenvalue weighted by Gasteiger charge is 2.21. The van der Waals surface area contributed by atoms with Gasteiger partial charge in [0.05, 0.1) is 12.2 Å². The van der Waals surface area contributed by atoms with E-state index in [1.807, 2.05) is 5.32 Å². The Morgan fingerprint density at radius 2 is 2.06 bits per heavy atom. The number of carboxylic acids is 1. The molecule has 0 aliphatic carbocycles. The fraction of sp³-hybridized carbons (Fsp3) is 0.200. The Bertz CT molecular complexity index is 448. The van der Waals surface area contributed by atoms with Gasteiger partial charge in [0.2, 0.25) is 0 Å². The first-order valence-electron chi connectivity index (χ1n) is 4.58. The summed E-state index contributed by atoms with van der Waals surface area (Å²) in [5.74, 6) is -3.75. The molecule has 0 saturated heterocycles. The average molecular weight is 243 g/mol. The molecule has 0 radical (unpaired) electrons. The van der Waals surface area contributed by atoms with E-state index in [0.717, 1.165) is 18.2 Å². The molecule has 1 aromatic rings. The summed E-state index contributed by atoms with van der Waals surface area (Å²) in [5, 5.41) is 28.1. The number of aliphatic carboxylic acids is 1. The number of phenolic OH excluding ortho intramolecular Hbond substituents is 1. The van der Waals surface area contributed by atoms with Gasteiger partial charge in [-0.05, 0) is 12.1 Å². The van der Waals surface area contributed by atoms with Gasteiger partial charge in [0.25, 0.3) is 5.91 Å². The lowest BCUT2D eigenvalue weighted by molar-refractivity contribution is -0.140. The Morgan fingerprint density at radius 3 is 2.53 bits per heavy atom. The van der Waals surface area contributed by atoms with Crippen LogP contribution >= 0.6 is 0 Å². The van der Waals surface area contributed by atoms with Crippen LogP contribution in [0.5, 0.6) is 5.75 Å². The number of carbonyl (C=O) groups excluding carboxylic acids is 1. The summed E-state index contributed by atoms with van der Waals surface area (Å²) in [6.45, 7) is -0.805. The van der Waals surface area contributed by atoms with Crippen LogP contribution in [0.1, 0.15) is 10.4 Å². The zero-order valence-corrected chi connectivity index (χ0v) is 8.55. The maximum Gasteiger partial charge on any atom is 0.328 e. The number of hydrogen-bond donors (Lipinski definition) is 4. The van der Waals surface area contributed by atoms with Crippen LogP contribution in [0.2, 0.25) is 0 Å². The maximum atomic E-state index is 13.2. The quantitative estimate of drug-likeness (QED) is 0.581. The van der Waals surface area contributed by atoms with Crippen molar-refractivity contribution in [1.29, 1.82) is 0 Å². The number of phenols is 1. The smallest absolute Gasteiger partial charge is 0.328 e. The Hall–Kier alpha value is -2.15. The molecule has 6 nitrogen and oxygen atoms in total. The monoisotopic (exact) mass is 243 g/mol. The van der Waals surface area contributed by atoms with Gasteiger partial charge >= 0.3 is 5.97 Å². The van der Waals surface area contributed by atoms with Gasteiger partial charge in [-0.25, -0.2) is 9.18 Å². The molecule has 1 atom stereocenters. The van der Waals surface area contributed by atoms with Crippen molar-refractivity contribution >= 4 is 11.9 Å². The number of benzene rings is 1. The lowest BCUT2D eigenvalue weighted by Gasteiger charge is -2.11. The van der Waals surface area contributed by atoms with Crippen LogP contribution < -0.4 is 5.32 Å². The first-order chi connectivity index (χ1) is 7.95. The third-order valence-corrected chi connectivity index (χ3v) is 1.98. The van der Waals surface area contributed by atoms with E-state index in [4.69, 9.17) is 15.3 Å². The van der Waals surface area contributed by atoms with Gasteiger partial charge in [-0.15, -0.1) is 0 Å². The molecule has 0 aliphatic rings. The number of amides is 1. The molecule has 7 heteroatoms. The van der Waals surface area contributed by atoms with E-state index in [1.165, 1.54) is 0 Å². The number of aromatic hydroxyl groups is 1. The highest BCUT2D eigenvalue weighted by Crippen LogP contribution is 2.14. The molecule has 1 amide bonds. The van der Waals surface area contributed by atoms with Gasteiger partial charge in [-0.2, -0.15) is 0 Å². The third-order valence-electron chi connectivity index (χ3n) is 1.98. The summed E-state index contributed by atoms with van der Waals surface area (Å²) in [7, 11) is 0. The molecular weight excluding hydrogens is 233 g/mol. The molecule has 92 valence electrons. The fourth-order valence-electron chi connectivity index (χ4n) is 1.11. The summed E-state index contributed by atoms with van der Waals surface area (Å²) in [6, 6.07) is 1.32. The predicted molar refractivity (Wildman–Crippen MR) is 54.0 cm³/mol. The van der Waals surface area contributed by atoms with Crippen molar-refractivity contribution in [2.24, 2.45) is 0 Å². The molecule has 0 spiro atoms. The molecule has 1 rings (SSSR count). The second-order valence-corrected chi connectivity index (χ2v) is 3.21. The summed E-state index contributed by atoms with van der Waals surface area (Å²) in [6.07, 6.45) is 0. The van der Waals surface area contributed by atoms with Gasteiger partial charge in [0, 0.05) is 6.07 Å². The van der Waals surface area contributed by atoms with E-state index in [2.05, 4.69) is 0 Å². The van der Waals surface area contributed by atoms with Crippen molar-refractivity contribution in [3.05, 3.63) is 29.6 Å². The number of carboxylic acid groups (broad SMARTS) is 1. The van der Waals surface area contributed by atoms with Crippen molar-refractivity contribution in [2.45, 2.75) is 6.04 Å². The van der Waals surface area contributed by atoms with Crippen molar-refractivity contribution < 1.29 is 29.3 Å². The van der Waals surface area contributed by atoms with Crippen molar-refractivity contribution in [1.82, 2.24) is 5.32 Å². The minimum Gasteiger partial charge on any atom is -0.508 e. The van der Waals surface area contributed by atoms with Crippen molar-refractivity contribution in [2.75, 3.05) is 6.61 Å². The van der Waals surface area contributed by atoms with Crippen LogP contribution in [-0.2, 0) is 4.79 Å². The second-order valence-electron chi connectivity index (χ2n) is 3.21. The predicted octanol–water partition coefficient (Wildman–Crippen LogP) is -0.293. The first-order valence-corrected chi connectivity index (χ1v) is 4.58. The van der Waals surface area contributed by atoms with Gasteiger partial charge in [0.15, 0.2) is 6.04 Å². The van der Waals surface area contributed by atoms with Gasteiger partial charge < -0.3 is 20.6 Å². The van der Waals surface area contributed by atoms with Crippen LogP contribution in [0.4, 0.5) is 4.39 Å². The number of nitrogens with one attached hydrogen (secondary N) is 1. The van der Waals surface area contributed by atoms with Crippen molar-refractivity contribution in [3.8, 4) is 5.75 Å². The normalized spacial score (nSPS) is 11.9. The number of aliphatic hydroxyl groups excluding tert-OH is 1. The third kappa shape index (κ3) is 3.15. The van der Waals surface area contributed by atoms with Crippen LogP contribution in [-0.4, -0.2) is 39.8 Å². The van der Waals surface area contributed by atoms with Crippen LogP contribution in [0, 0.1) is 5.82 Å². The second kappa shape index (κ2) is 5.26. The number of hydrogen-bond acceptors (Lipinski definition) is 4. The summed E-state index contributed by atoms with van der Waals surface area (Å²) in [5.41, 5.74) is -0.414. The Labute approximate surface area is 95.3 Å². The minimum atomic E-state index is -1.50. The summed E-state index contributed by atoms with van der Waals surface area (Å²) >= 11 is 0. The van der Waals surface area contributed by atoms with Crippen molar-refractivity contribution in [3.63, 3.8) is 0 Å². The van der Waals surface area contributed by atoms with Crippen LogP contribution in [0.15, 0.2) is 18.2 Å². The van der Waals surface area contributed by atoms with Crippen LogP contribution in [0.25, 0.3) is 0 Å². The molecule has 4 N–H and O–H groups in total. The number of halogens is 1. The Kier molecular flexibility index (Phi) is 4.00. The average Bonchev–Trinajstić information content (AvgIpc) is 2.24. The Morgan fingerprint density at radius 1 is 1.41 bits per heavy atom. The SMILES string of the molecule is O=C(N[C@H](CO)C(=O)O)c1ccc(O)cc1F. The standard InChI is InChI=1S/C10H10FNO5/c11-7-3-5(14)1-2-6(7)9(15)12-8(4-13)10(16)17/h1-3,8,13-14H,4H2,(H,12,15)(H,16,17)/t8-/m1/s1. The van der Waals surface area contributed by atoms with Gasteiger partial charge in [-0.3, -0.25) is 4.79 Å². The lowest BCUT2D eigenvalue weighted by atomic mass is 10.1. The summed E-state index contributed by atoms with van der Waals surface area (Å²) < 4.78 is 13.2. The topological polar surface area (TPSA) is 107 Å². The highest BCUT2D eigenvalue weighted by molar-refractivity contribution is 5.96. The largest absolute Gasteiger partial charge is 0.508 e. The van der Waals surface area contributed by atoms with E-state index in [0.29, 0.717) is 0 Å². The van der Waals surface area contributed by atoms with Gasteiger partial charge in [-0.1, -0.05) is 0 Å². The maximum absolute atomic E-state index is 13.2. The molecule has 0 saturated carbocycles. The fourth-order valence-corrected chi connectivity index (χ4v) is 1.11. The number of aliphatic hydroxyl groups is 1. The molecule has 0 unspecified atom stereocenters. The zero-order valence-electron chi connectivity index (χ0n) is 8.55. The molecule has 1 aromatic carbocycles. The van der Waals surface area contributed by atoms with E-state index < -0.39 is 35.9 Å². The van der Waals surface area contributed by atoms with E-state index in [-0.39, 0.29) is 5.75 Å². The molecule has 0 aromatic heterocycles. The number of carbonyl (C=O) groups is 2.